The molecule has 0 saturated carbocycles. The minimum Gasteiger partial charge on any atom is -0.507 e. The molecule has 0 atom stereocenters. The van der Waals surface area contributed by atoms with Crippen molar-refractivity contribution in [3.05, 3.63) is 146 Å². The quantitative estimate of drug-likeness (QED) is 0.249. The van der Waals surface area contributed by atoms with Gasteiger partial charge in [-0.25, -0.2) is 9.97 Å². The maximum atomic E-state index is 10.7. The first-order valence-electron chi connectivity index (χ1n) is 13.2. The summed E-state index contributed by atoms with van der Waals surface area (Å²) in [6.07, 6.45) is 2.02. The second-order valence-electron chi connectivity index (χ2n) is 9.66. The molecule has 3 aromatic heterocycles. The van der Waals surface area contributed by atoms with E-state index in [2.05, 4.69) is 71.1 Å². The molecule has 40 heavy (non-hydrogen) atoms. The van der Waals surface area contributed by atoms with E-state index in [0.717, 1.165) is 45.1 Å². The average Bonchev–Trinajstić information content (AvgIpc) is 3.42. The van der Waals surface area contributed by atoms with Crippen LogP contribution in [0.2, 0.25) is 0 Å². The summed E-state index contributed by atoms with van der Waals surface area (Å²) in [4.78, 5) is 10.2. The number of hydrogen-bond acceptors (Lipinski definition) is 3. The van der Waals surface area contributed by atoms with Gasteiger partial charge in [-0.15, -0.1) is 0 Å². The molecule has 0 aliphatic heterocycles. The molecular formula is C36H25N3O. The normalized spacial score (nSPS) is 11.1. The van der Waals surface area contributed by atoms with Gasteiger partial charge in [0, 0.05) is 28.5 Å². The molecule has 4 nitrogen and oxygen atoms in total. The number of pyridine rings is 2. The van der Waals surface area contributed by atoms with Gasteiger partial charge in [0.2, 0.25) is 0 Å². The summed E-state index contributed by atoms with van der Waals surface area (Å²) in [5.41, 5.74) is 10.2. The molecule has 1 N–H and O–H groups in total. The minimum absolute atomic E-state index is 0.198. The van der Waals surface area contributed by atoms with Crippen LogP contribution >= 0.6 is 0 Å². The highest BCUT2D eigenvalue weighted by atomic mass is 16.3. The molecule has 4 heteroatoms. The van der Waals surface area contributed by atoms with Crippen molar-refractivity contribution in [2.45, 2.75) is 0 Å². The van der Waals surface area contributed by atoms with E-state index >= 15 is 0 Å². The van der Waals surface area contributed by atoms with Crippen molar-refractivity contribution in [2.24, 2.45) is 0 Å². The molecule has 0 aliphatic rings. The Labute approximate surface area is 232 Å². The van der Waals surface area contributed by atoms with Crippen LogP contribution in [-0.2, 0) is 0 Å². The van der Waals surface area contributed by atoms with Gasteiger partial charge < -0.3 is 5.11 Å². The minimum atomic E-state index is 0.198. The molecule has 0 unspecified atom stereocenters. The first-order valence-corrected chi connectivity index (χ1v) is 13.2. The van der Waals surface area contributed by atoms with E-state index in [-0.39, 0.29) is 5.75 Å². The Morgan fingerprint density at radius 3 is 1.80 bits per heavy atom. The zero-order valence-corrected chi connectivity index (χ0v) is 21.6. The summed E-state index contributed by atoms with van der Waals surface area (Å²) in [5, 5.41) is 10.7. The third-order valence-electron chi connectivity index (χ3n) is 7.17. The largest absolute Gasteiger partial charge is 0.507 e. The van der Waals surface area contributed by atoms with Crippen LogP contribution in [0.15, 0.2) is 146 Å². The molecule has 0 fully saturated rings. The first kappa shape index (κ1) is 23.6. The van der Waals surface area contributed by atoms with Crippen LogP contribution in [0.25, 0.3) is 61.8 Å². The Hall–Kier alpha value is -5.48. The lowest BCUT2D eigenvalue weighted by atomic mass is 10.0. The summed E-state index contributed by atoms with van der Waals surface area (Å²) in [6, 6.07) is 46.6. The number of nitrogens with zero attached hydrogens (tertiary/aromatic N) is 3. The van der Waals surface area contributed by atoms with Crippen LogP contribution in [-0.4, -0.2) is 19.5 Å². The lowest BCUT2D eigenvalue weighted by Gasteiger charge is -2.09. The molecule has 0 saturated heterocycles. The molecule has 4 aromatic carbocycles. The van der Waals surface area contributed by atoms with E-state index in [1.807, 2.05) is 72.9 Å². The van der Waals surface area contributed by atoms with E-state index < -0.39 is 0 Å². The molecule has 7 aromatic rings. The highest BCUT2D eigenvalue weighted by molar-refractivity contribution is 5.88. The maximum absolute atomic E-state index is 10.7. The van der Waals surface area contributed by atoms with Crippen molar-refractivity contribution in [1.29, 1.82) is 0 Å². The molecule has 190 valence electrons. The number of imidazole rings is 1. The molecule has 0 bridgehead atoms. The molecular weight excluding hydrogens is 490 g/mol. The first-order chi connectivity index (χ1) is 19.8. The second kappa shape index (κ2) is 10.0. The molecule has 0 amide bonds. The number of phenolic OH excluding ortho intramolecular Hbond substituents is 1. The van der Waals surface area contributed by atoms with Crippen molar-refractivity contribution in [2.75, 3.05) is 0 Å². The van der Waals surface area contributed by atoms with Gasteiger partial charge in [-0.3, -0.25) is 4.40 Å². The van der Waals surface area contributed by atoms with E-state index in [4.69, 9.17) is 9.97 Å². The fourth-order valence-corrected chi connectivity index (χ4v) is 5.21. The van der Waals surface area contributed by atoms with E-state index in [1.165, 1.54) is 11.1 Å². The Morgan fingerprint density at radius 1 is 0.450 bits per heavy atom. The van der Waals surface area contributed by atoms with Crippen LogP contribution in [0.1, 0.15) is 0 Å². The zero-order chi connectivity index (χ0) is 26.9. The van der Waals surface area contributed by atoms with Crippen molar-refractivity contribution >= 4 is 5.65 Å². The van der Waals surface area contributed by atoms with Gasteiger partial charge in [0.1, 0.15) is 17.1 Å². The predicted octanol–water partition coefficient (Wildman–Crippen LogP) is 8.77. The highest BCUT2D eigenvalue weighted by Crippen LogP contribution is 2.39. The molecule has 7 rings (SSSR count). The number of rotatable bonds is 5. The fraction of sp³-hybridized carbons (Fsp3) is 0. The van der Waals surface area contributed by atoms with Crippen molar-refractivity contribution < 1.29 is 5.11 Å². The number of hydrogen-bond donors (Lipinski definition) is 1. The predicted molar refractivity (Wildman–Crippen MR) is 162 cm³/mol. The summed E-state index contributed by atoms with van der Waals surface area (Å²) in [5.74, 6) is 0.198. The standard InChI is InChI=1S/C36H25N3O/c40-33-19-8-7-15-30(33)34-35(28-13-5-2-6-14-28)39-24-10-16-29(36(39)38-34)32-18-9-17-31(37-32)27-22-20-26(21-23-27)25-11-3-1-4-12-25/h1-24,40H. The summed E-state index contributed by atoms with van der Waals surface area (Å²) >= 11 is 0. The highest BCUT2D eigenvalue weighted by Gasteiger charge is 2.20. The van der Waals surface area contributed by atoms with Crippen molar-refractivity contribution in [3.8, 4) is 61.9 Å². The number of aromatic nitrogens is 3. The van der Waals surface area contributed by atoms with Crippen molar-refractivity contribution in [1.82, 2.24) is 14.4 Å². The van der Waals surface area contributed by atoms with E-state index in [9.17, 15) is 5.11 Å². The third kappa shape index (κ3) is 4.22. The van der Waals surface area contributed by atoms with Gasteiger partial charge in [-0.05, 0) is 47.5 Å². The Balaban J connectivity index is 1.36. The number of phenols is 1. The molecule has 0 aliphatic carbocycles. The van der Waals surface area contributed by atoms with Crippen LogP contribution in [0, 0.1) is 0 Å². The lowest BCUT2D eigenvalue weighted by molar-refractivity contribution is 0.477. The second-order valence-corrected chi connectivity index (χ2v) is 9.66. The Kier molecular flexibility index (Phi) is 5.91. The lowest BCUT2D eigenvalue weighted by Crippen LogP contribution is -1.93. The van der Waals surface area contributed by atoms with Crippen molar-refractivity contribution in [3.63, 3.8) is 0 Å². The maximum Gasteiger partial charge on any atom is 0.147 e. The van der Waals surface area contributed by atoms with Gasteiger partial charge in [-0.2, -0.15) is 0 Å². The molecule has 0 spiro atoms. The number of para-hydroxylation sites is 1. The Bertz CT molecular complexity index is 1940. The van der Waals surface area contributed by atoms with Crippen LogP contribution in [0.4, 0.5) is 0 Å². The average molecular weight is 516 g/mol. The molecule has 0 radical (unpaired) electrons. The zero-order valence-electron chi connectivity index (χ0n) is 21.6. The molecule has 3 heterocycles. The van der Waals surface area contributed by atoms with Gasteiger partial charge in [0.25, 0.3) is 0 Å². The topological polar surface area (TPSA) is 50.4 Å². The van der Waals surface area contributed by atoms with Gasteiger partial charge in [-0.1, -0.05) is 103 Å². The summed E-state index contributed by atoms with van der Waals surface area (Å²) in [7, 11) is 0. The van der Waals surface area contributed by atoms with Crippen LogP contribution in [0.3, 0.4) is 0 Å². The number of fused-ring (bicyclic) bond motifs is 1. The summed E-state index contributed by atoms with van der Waals surface area (Å²) < 4.78 is 2.09. The van der Waals surface area contributed by atoms with E-state index in [1.54, 1.807) is 6.07 Å². The van der Waals surface area contributed by atoms with Gasteiger partial charge in [0.05, 0.1) is 17.1 Å². The van der Waals surface area contributed by atoms with Crippen LogP contribution in [0.5, 0.6) is 5.75 Å². The van der Waals surface area contributed by atoms with Crippen LogP contribution < -0.4 is 0 Å². The van der Waals surface area contributed by atoms with E-state index in [0.29, 0.717) is 5.56 Å². The number of aromatic hydroxyl groups is 1. The smallest absolute Gasteiger partial charge is 0.147 e. The Morgan fingerprint density at radius 2 is 1.05 bits per heavy atom. The third-order valence-corrected chi connectivity index (χ3v) is 7.17. The monoisotopic (exact) mass is 515 g/mol. The summed E-state index contributed by atoms with van der Waals surface area (Å²) in [6.45, 7) is 0. The fourth-order valence-electron chi connectivity index (χ4n) is 5.21. The SMILES string of the molecule is Oc1ccccc1-c1nc2c(-c3cccc(-c4ccc(-c5ccccc5)cc4)n3)cccn2c1-c1ccccc1. The van der Waals surface area contributed by atoms with Gasteiger partial charge in [0.15, 0.2) is 0 Å². The van der Waals surface area contributed by atoms with Gasteiger partial charge >= 0.3 is 0 Å². The number of benzene rings is 4.